The van der Waals surface area contributed by atoms with Crippen LogP contribution in [0.25, 0.3) is 0 Å². The van der Waals surface area contributed by atoms with E-state index in [-0.39, 0.29) is 23.7 Å². The van der Waals surface area contributed by atoms with Crippen LogP contribution in [0.1, 0.15) is 52.4 Å². The lowest BCUT2D eigenvalue weighted by atomic mass is 9.77. The zero-order valence-corrected chi connectivity index (χ0v) is 13.6. The van der Waals surface area contributed by atoms with Crippen molar-refractivity contribution in [2.24, 2.45) is 11.8 Å². The maximum atomic E-state index is 12.7. The summed E-state index contributed by atoms with van der Waals surface area (Å²) in [6.45, 7) is 9.78. The highest BCUT2D eigenvalue weighted by Crippen LogP contribution is 2.31. The smallest absolute Gasteiger partial charge is 0.226 e. The van der Waals surface area contributed by atoms with Gasteiger partial charge in [0.05, 0.1) is 0 Å². The molecule has 0 aromatic carbocycles. The quantitative estimate of drug-likeness (QED) is 0.700. The topological polar surface area (TPSA) is 49.4 Å². The van der Waals surface area contributed by atoms with Gasteiger partial charge in [-0.1, -0.05) is 32.3 Å². The number of hydrogen-bond acceptors (Lipinski definition) is 2. The summed E-state index contributed by atoms with van der Waals surface area (Å²) in [7, 11) is 0. The fourth-order valence-corrected chi connectivity index (χ4v) is 3.05. The second-order valence-electron chi connectivity index (χ2n) is 5.80. The van der Waals surface area contributed by atoms with Crippen LogP contribution in [0.2, 0.25) is 0 Å². The Morgan fingerprint density at radius 2 is 1.90 bits per heavy atom. The molecule has 1 aliphatic rings. The number of nitrogens with zero attached hydrogens (tertiary/aromatic N) is 1. The fraction of sp³-hybridized carbons (Fsp3) is 0.765. The van der Waals surface area contributed by atoms with Gasteiger partial charge in [0.2, 0.25) is 11.8 Å². The van der Waals surface area contributed by atoms with Crippen LogP contribution in [0.3, 0.4) is 0 Å². The Morgan fingerprint density at radius 3 is 2.48 bits per heavy atom. The van der Waals surface area contributed by atoms with Crippen molar-refractivity contribution in [3.63, 3.8) is 0 Å². The van der Waals surface area contributed by atoms with Crippen molar-refractivity contribution in [2.75, 3.05) is 19.6 Å². The molecular weight excluding hydrogens is 264 g/mol. The largest absolute Gasteiger partial charge is 0.352 e. The highest BCUT2D eigenvalue weighted by atomic mass is 16.2. The predicted molar refractivity (Wildman–Crippen MR) is 85.8 cm³/mol. The van der Waals surface area contributed by atoms with E-state index in [9.17, 15) is 9.59 Å². The molecule has 0 aromatic rings. The van der Waals surface area contributed by atoms with Gasteiger partial charge in [-0.2, -0.15) is 0 Å². The molecule has 1 aliphatic carbocycles. The van der Waals surface area contributed by atoms with Crippen molar-refractivity contribution in [1.82, 2.24) is 10.2 Å². The molecule has 0 saturated heterocycles. The Bertz CT molecular complexity index is 355. The van der Waals surface area contributed by atoms with Crippen molar-refractivity contribution < 1.29 is 9.59 Å². The highest BCUT2D eigenvalue weighted by molar-refractivity contribution is 5.88. The van der Waals surface area contributed by atoms with Gasteiger partial charge in [-0.25, -0.2) is 0 Å². The van der Waals surface area contributed by atoms with Gasteiger partial charge in [0.1, 0.15) is 0 Å². The van der Waals surface area contributed by atoms with Gasteiger partial charge < -0.3 is 10.2 Å². The average Bonchev–Trinajstić information content (AvgIpc) is 2.53. The SMILES string of the molecule is C=CCNC(=O)[C@@H]1CCCC[C@@H]1C(=O)N(CC)CCCC. The first-order valence-corrected chi connectivity index (χ1v) is 8.33. The summed E-state index contributed by atoms with van der Waals surface area (Å²) in [6, 6.07) is 0. The molecule has 0 unspecified atom stereocenters. The summed E-state index contributed by atoms with van der Waals surface area (Å²) in [5, 5.41) is 2.86. The molecule has 21 heavy (non-hydrogen) atoms. The van der Waals surface area contributed by atoms with Gasteiger partial charge in [-0.05, 0) is 26.2 Å². The molecule has 0 heterocycles. The summed E-state index contributed by atoms with van der Waals surface area (Å²) < 4.78 is 0. The Morgan fingerprint density at radius 1 is 1.24 bits per heavy atom. The lowest BCUT2D eigenvalue weighted by molar-refractivity contribution is -0.143. The summed E-state index contributed by atoms with van der Waals surface area (Å²) in [5.41, 5.74) is 0. The Balaban J connectivity index is 2.72. The summed E-state index contributed by atoms with van der Waals surface area (Å²) in [5.74, 6) is -0.119. The van der Waals surface area contributed by atoms with Crippen molar-refractivity contribution in [2.45, 2.75) is 52.4 Å². The van der Waals surface area contributed by atoms with E-state index in [4.69, 9.17) is 0 Å². The number of unbranched alkanes of at least 4 members (excludes halogenated alkanes) is 1. The van der Waals surface area contributed by atoms with Gasteiger partial charge in [-0.15, -0.1) is 6.58 Å². The van der Waals surface area contributed by atoms with E-state index in [0.29, 0.717) is 6.54 Å². The van der Waals surface area contributed by atoms with E-state index in [0.717, 1.165) is 51.6 Å². The first-order valence-electron chi connectivity index (χ1n) is 8.33. The summed E-state index contributed by atoms with van der Waals surface area (Å²) in [6.07, 6.45) is 7.54. The molecular formula is C17H30N2O2. The van der Waals surface area contributed by atoms with E-state index in [1.807, 2.05) is 11.8 Å². The molecule has 0 radical (unpaired) electrons. The van der Waals surface area contributed by atoms with E-state index in [1.165, 1.54) is 0 Å². The van der Waals surface area contributed by atoms with Gasteiger partial charge in [0.15, 0.2) is 0 Å². The molecule has 0 aromatic heterocycles. The molecule has 1 rings (SSSR count). The Labute approximate surface area is 129 Å². The normalized spacial score (nSPS) is 21.6. The number of nitrogens with one attached hydrogen (secondary N) is 1. The van der Waals surface area contributed by atoms with Crippen molar-refractivity contribution >= 4 is 11.8 Å². The molecule has 0 aliphatic heterocycles. The number of carbonyl (C=O) groups excluding carboxylic acids is 2. The lowest BCUT2D eigenvalue weighted by Gasteiger charge is -2.33. The van der Waals surface area contributed by atoms with Crippen molar-refractivity contribution in [3.05, 3.63) is 12.7 Å². The van der Waals surface area contributed by atoms with Gasteiger partial charge in [-0.3, -0.25) is 9.59 Å². The van der Waals surface area contributed by atoms with E-state index in [2.05, 4.69) is 18.8 Å². The Hall–Kier alpha value is -1.32. The van der Waals surface area contributed by atoms with E-state index in [1.54, 1.807) is 6.08 Å². The monoisotopic (exact) mass is 294 g/mol. The minimum absolute atomic E-state index is 0.0134. The third-order valence-corrected chi connectivity index (χ3v) is 4.32. The second kappa shape index (κ2) is 9.59. The molecule has 2 atom stereocenters. The second-order valence-corrected chi connectivity index (χ2v) is 5.80. The molecule has 1 fully saturated rings. The maximum Gasteiger partial charge on any atom is 0.226 e. The minimum Gasteiger partial charge on any atom is -0.352 e. The molecule has 2 amide bonds. The lowest BCUT2D eigenvalue weighted by Crippen LogP contribution is -2.45. The van der Waals surface area contributed by atoms with Gasteiger partial charge in [0, 0.05) is 31.5 Å². The van der Waals surface area contributed by atoms with Crippen LogP contribution in [-0.4, -0.2) is 36.3 Å². The number of amides is 2. The molecule has 1 N–H and O–H groups in total. The zero-order valence-electron chi connectivity index (χ0n) is 13.6. The first kappa shape index (κ1) is 17.7. The molecule has 0 bridgehead atoms. The molecule has 1 saturated carbocycles. The minimum atomic E-state index is -0.165. The molecule has 0 spiro atoms. The number of hydrogen-bond donors (Lipinski definition) is 1. The standard InChI is InChI=1S/C17H30N2O2/c1-4-7-13-19(6-3)17(21)15-11-9-8-10-14(15)16(20)18-12-5-2/h5,14-15H,2,4,6-13H2,1,3H3,(H,18,20)/t14-,15+/m1/s1. The van der Waals surface area contributed by atoms with Crippen LogP contribution in [0.4, 0.5) is 0 Å². The predicted octanol–water partition coefficient (Wildman–Crippen LogP) is 2.74. The first-order chi connectivity index (χ1) is 10.2. The van der Waals surface area contributed by atoms with Crippen LogP contribution < -0.4 is 5.32 Å². The fourth-order valence-electron chi connectivity index (χ4n) is 3.05. The number of carbonyl (C=O) groups is 2. The highest BCUT2D eigenvalue weighted by Gasteiger charge is 2.37. The number of rotatable bonds is 8. The van der Waals surface area contributed by atoms with Crippen LogP contribution in [-0.2, 0) is 9.59 Å². The van der Waals surface area contributed by atoms with Crippen molar-refractivity contribution in [1.29, 1.82) is 0 Å². The molecule has 4 nitrogen and oxygen atoms in total. The summed E-state index contributed by atoms with van der Waals surface area (Å²) in [4.78, 5) is 26.9. The Kier molecular flexibility index (Phi) is 8.09. The van der Waals surface area contributed by atoms with Crippen LogP contribution in [0.15, 0.2) is 12.7 Å². The van der Waals surface area contributed by atoms with Gasteiger partial charge in [0.25, 0.3) is 0 Å². The summed E-state index contributed by atoms with van der Waals surface area (Å²) >= 11 is 0. The third kappa shape index (κ3) is 5.18. The van der Waals surface area contributed by atoms with Gasteiger partial charge >= 0.3 is 0 Å². The maximum absolute atomic E-state index is 12.7. The van der Waals surface area contributed by atoms with E-state index < -0.39 is 0 Å². The third-order valence-electron chi connectivity index (χ3n) is 4.32. The van der Waals surface area contributed by atoms with Crippen LogP contribution in [0, 0.1) is 11.8 Å². The van der Waals surface area contributed by atoms with Crippen LogP contribution >= 0.6 is 0 Å². The molecule has 120 valence electrons. The van der Waals surface area contributed by atoms with Crippen molar-refractivity contribution in [3.8, 4) is 0 Å². The zero-order chi connectivity index (χ0) is 15.7. The van der Waals surface area contributed by atoms with Crippen LogP contribution in [0.5, 0.6) is 0 Å². The van der Waals surface area contributed by atoms with E-state index >= 15 is 0 Å². The average molecular weight is 294 g/mol. The molecule has 4 heteroatoms.